The summed E-state index contributed by atoms with van der Waals surface area (Å²) in [6.07, 6.45) is -1.43. The fraction of sp³-hybridized carbons (Fsp3) is 0.417. The third kappa shape index (κ3) is 2.97. The van der Waals surface area contributed by atoms with E-state index in [0.717, 1.165) is 5.56 Å². The maximum absolute atomic E-state index is 11.9. The van der Waals surface area contributed by atoms with E-state index in [2.05, 4.69) is 0 Å². The van der Waals surface area contributed by atoms with E-state index in [1.807, 2.05) is 6.07 Å². The fourth-order valence-electron chi connectivity index (χ4n) is 1.91. The lowest BCUT2D eigenvalue weighted by Gasteiger charge is -2.15. The maximum Gasteiger partial charge on any atom is 0.227 e. The number of halogens is 1. The fourth-order valence-corrected chi connectivity index (χ4v) is 2.12. The minimum Gasteiger partial charge on any atom is -0.388 e. The van der Waals surface area contributed by atoms with Gasteiger partial charge in [-0.05, 0) is 17.7 Å². The van der Waals surface area contributed by atoms with E-state index < -0.39 is 12.2 Å². The highest BCUT2D eigenvalue weighted by atomic mass is 35.5. The van der Waals surface area contributed by atoms with Crippen LogP contribution in [0.15, 0.2) is 24.3 Å². The van der Waals surface area contributed by atoms with Crippen LogP contribution in [-0.4, -0.2) is 46.3 Å². The highest BCUT2D eigenvalue weighted by molar-refractivity contribution is 6.30. The Hall–Kier alpha value is -1.10. The minimum atomic E-state index is -0.835. The molecule has 92 valence electrons. The summed E-state index contributed by atoms with van der Waals surface area (Å²) in [5.74, 6) is -0.108. The van der Waals surface area contributed by atoms with Gasteiger partial charge in [-0.1, -0.05) is 23.7 Å². The van der Waals surface area contributed by atoms with Crippen molar-refractivity contribution >= 4 is 17.5 Å². The van der Waals surface area contributed by atoms with Gasteiger partial charge in [0.15, 0.2) is 0 Å². The number of hydrogen-bond donors (Lipinski definition) is 2. The molecule has 0 spiro atoms. The molecule has 1 amide bonds. The molecule has 4 nitrogen and oxygen atoms in total. The van der Waals surface area contributed by atoms with Gasteiger partial charge in [-0.25, -0.2) is 0 Å². The first-order chi connectivity index (χ1) is 8.06. The largest absolute Gasteiger partial charge is 0.388 e. The minimum absolute atomic E-state index is 0.108. The number of nitrogens with zero attached hydrogens (tertiary/aromatic N) is 1. The molecule has 1 aliphatic rings. The van der Waals surface area contributed by atoms with E-state index in [0.29, 0.717) is 5.02 Å². The van der Waals surface area contributed by atoms with Gasteiger partial charge < -0.3 is 15.1 Å². The Labute approximate surface area is 104 Å². The summed E-state index contributed by atoms with van der Waals surface area (Å²) < 4.78 is 0. The number of aliphatic hydroxyl groups is 2. The van der Waals surface area contributed by atoms with Crippen LogP contribution in [0.2, 0.25) is 5.02 Å². The Morgan fingerprint density at radius 1 is 1.35 bits per heavy atom. The quantitative estimate of drug-likeness (QED) is 0.807. The van der Waals surface area contributed by atoms with Crippen LogP contribution in [0.25, 0.3) is 0 Å². The van der Waals surface area contributed by atoms with Crippen LogP contribution in [0.5, 0.6) is 0 Å². The Balaban J connectivity index is 1.98. The first kappa shape index (κ1) is 12.4. The van der Waals surface area contributed by atoms with Crippen LogP contribution >= 0.6 is 11.6 Å². The number of benzene rings is 1. The standard InChI is InChI=1S/C12H14ClNO3/c13-9-3-1-2-8(4-9)5-12(17)14-6-10(15)11(16)7-14/h1-4,10-11,15-16H,5-7H2. The molecule has 2 N–H and O–H groups in total. The van der Waals surface area contributed by atoms with Crippen molar-refractivity contribution in [1.29, 1.82) is 0 Å². The van der Waals surface area contributed by atoms with Crippen molar-refractivity contribution in [2.45, 2.75) is 18.6 Å². The van der Waals surface area contributed by atoms with E-state index >= 15 is 0 Å². The average Bonchev–Trinajstić information content (AvgIpc) is 2.59. The highest BCUT2D eigenvalue weighted by Crippen LogP contribution is 2.15. The number of carbonyl (C=O) groups is 1. The molecule has 1 aliphatic heterocycles. The van der Waals surface area contributed by atoms with Crippen molar-refractivity contribution in [3.63, 3.8) is 0 Å². The molecule has 0 saturated carbocycles. The molecular formula is C12H14ClNO3. The Morgan fingerprint density at radius 2 is 2.00 bits per heavy atom. The summed E-state index contributed by atoms with van der Waals surface area (Å²) in [7, 11) is 0. The topological polar surface area (TPSA) is 60.8 Å². The molecule has 0 aliphatic carbocycles. The lowest BCUT2D eigenvalue weighted by atomic mass is 10.1. The van der Waals surface area contributed by atoms with Gasteiger partial charge in [-0.2, -0.15) is 0 Å². The first-order valence-electron chi connectivity index (χ1n) is 5.44. The van der Waals surface area contributed by atoms with E-state index in [9.17, 15) is 15.0 Å². The van der Waals surface area contributed by atoms with Gasteiger partial charge >= 0.3 is 0 Å². The van der Waals surface area contributed by atoms with Gasteiger partial charge in [0, 0.05) is 18.1 Å². The normalized spacial score (nSPS) is 24.1. The zero-order valence-corrected chi connectivity index (χ0v) is 9.97. The van der Waals surface area contributed by atoms with Crippen LogP contribution in [-0.2, 0) is 11.2 Å². The van der Waals surface area contributed by atoms with Gasteiger partial charge in [-0.3, -0.25) is 4.79 Å². The monoisotopic (exact) mass is 255 g/mol. The van der Waals surface area contributed by atoms with E-state index in [1.165, 1.54) is 4.90 Å². The predicted molar refractivity (Wildman–Crippen MR) is 63.7 cm³/mol. The molecule has 1 aromatic rings. The molecule has 0 radical (unpaired) electrons. The van der Waals surface area contributed by atoms with E-state index in [1.54, 1.807) is 18.2 Å². The summed E-state index contributed by atoms with van der Waals surface area (Å²) in [6.45, 7) is 0.390. The molecule has 17 heavy (non-hydrogen) atoms. The van der Waals surface area contributed by atoms with Crippen molar-refractivity contribution in [3.05, 3.63) is 34.9 Å². The van der Waals surface area contributed by atoms with Crippen molar-refractivity contribution in [3.8, 4) is 0 Å². The van der Waals surface area contributed by atoms with Gasteiger partial charge in [-0.15, -0.1) is 0 Å². The van der Waals surface area contributed by atoms with Gasteiger partial charge in [0.25, 0.3) is 0 Å². The molecule has 1 fully saturated rings. The smallest absolute Gasteiger partial charge is 0.227 e. The number of rotatable bonds is 2. The van der Waals surface area contributed by atoms with Crippen molar-refractivity contribution < 1.29 is 15.0 Å². The number of carbonyl (C=O) groups excluding carboxylic acids is 1. The van der Waals surface area contributed by atoms with Crippen molar-refractivity contribution in [2.24, 2.45) is 0 Å². The first-order valence-corrected chi connectivity index (χ1v) is 5.82. The number of amides is 1. The zero-order chi connectivity index (χ0) is 12.4. The van der Waals surface area contributed by atoms with Crippen LogP contribution < -0.4 is 0 Å². The van der Waals surface area contributed by atoms with E-state index in [-0.39, 0.29) is 25.4 Å². The summed E-state index contributed by atoms with van der Waals surface area (Å²) >= 11 is 5.83. The predicted octanol–water partition coefficient (Wildman–Crippen LogP) is 0.446. The van der Waals surface area contributed by atoms with Crippen LogP contribution in [0.3, 0.4) is 0 Å². The molecular weight excluding hydrogens is 242 g/mol. The second-order valence-electron chi connectivity index (χ2n) is 4.24. The average molecular weight is 256 g/mol. The summed E-state index contributed by atoms with van der Waals surface area (Å²) in [4.78, 5) is 13.3. The molecule has 2 atom stereocenters. The zero-order valence-electron chi connectivity index (χ0n) is 9.21. The van der Waals surface area contributed by atoms with Crippen LogP contribution in [0, 0.1) is 0 Å². The van der Waals surface area contributed by atoms with Crippen molar-refractivity contribution in [2.75, 3.05) is 13.1 Å². The van der Waals surface area contributed by atoms with Gasteiger partial charge in [0.1, 0.15) is 0 Å². The highest BCUT2D eigenvalue weighted by Gasteiger charge is 2.32. The molecule has 2 unspecified atom stereocenters. The van der Waals surface area contributed by atoms with Gasteiger partial charge in [0.05, 0.1) is 18.6 Å². The molecule has 5 heteroatoms. The summed E-state index contributed by atoms with van der Waals surface area (Å²) in [6, 6.07) is 7.10. The SMILES string of the molecule is O=C(Cc1cccc(Cl)c1)N1CC(O)C(O)C1. The third-order valence-corrected chi connectivity index (χ3v) is 3.09. The Bertz CT molecular complexity index is 414. The third-order valence-electron chi connectivity index (χ3n) is 2.86. The van der Waals surface area contributed by atoms with E-state index in [4.69, 9.17) is 11.6 Å². The molecule has 1 saturated heterocycles. The summed E-state index contributed by atoms with van der Waals surface area (Å²) in [5, 5.41) is 19.3. The molecule has 0 bridgehead atoms. The number of β-amino-alcohol motifs (C(OH)–C–C–N with tert-alkyl or cyclic N) is 2. The maximum atomic E-state index is 11.9. The number of hydrogen-bond acceptors (Lipinski definition) is 3. The summed E-state index contributed by atoms with van der Waals surface area (Å²) in [5.41, 5.74) is 0.832. The Morgan fingerprint density at radius 3 is 2.59 bits per heavy atom. The molecule has 0 aromatic heterocycles. The van der Waals surface area contributed by atoms with Crippen molar-refractivity contribution in [1.82, 2.24) is 4.90 Å². The lowest BCUT2D eigenvalue weighted by Crippen LogP contribution is -2.31. The number of aliphatic hydroxyl groups excluding tert-OH is 2. The van der Waals surface area contributed by atoms with Crippen LogP contribution in [0.1, 0.15) is 5.56 Å². The molecule has 2 rings (SSSR count). The molecule has 1 aromatic carbocycles. The second kappa shape index (κ2) is 5.04. The lowest BCUT2D eigenvalue weighted by molar-refractivity contribution is -0.129. The van der Waals surface area contributed by atoms with Crippen LogP contribution in [0.4, 0.5) is 0 Å². The molecule has 1 heterocycles. The Kier molecular flexibility index (Phi) is 3.66. The van der Waals surface area contributed by atoms with Gasteiger partial charge in [0.2, 0.25) is 5.91 Å². The second-order valence-corrected chi connectivity index (χ2v) is 4.68. The number of likely N-dealkylation sites (tertiary alicyclic amines) is 1.